The highest BCUT2D eigenvalue weighted by Crippen LogP contribution is 2.32. The largest absolute Gasteiger partial charge is 0.311 e. The van der Waals surface area contributed by atoms with Crippen LogP contribution < -0.4 is 0 Å². The third-order valence-corrected chi connectivity index (χ3v) is 4.90. The lowest BCUT2D eigenvalue weighted by atomic mass is 9.82. The average molecular weight is 306 g/mol. The minimum absolute atomic E-state index is 0.0837. The monoisotopic (exact) mass is 305 g/mol. The van der Waals surface area contributed by atoms with Crippen molar-refractivity contribution in [1.29, 1.82) is 0 Å². The molecule has 2 aromatic rings. The van der Waals surface area contributed by atoms with Crippen LogP contribution in [0.5, 0.6) is 0 Å². The van der Waals surface area contributed by atoms with Gasteiger partial charge < -0.3 is 4.57 Å². The Balaban J connectivity index is 1.99. The van der Waals surface area contributed by atoms with Crippen LogP contribution in [0.15, 0.2) is 12.3 Å². The maximum atomic E-state index is 6.37. The molecule has 3 nitrogen and oxygen atoms in total. The van der Waals surface area contributed by atoms with Crippen LogP contribution in [0, 0.1) is 18.8 Å². The highest BCUT2D eigenvalue weighted by molar-refractivity contribution is 6.20. The van der Waals surface area contributed by atoms with Crippen LogP contribution in [0.4, 0.5) is 0 Å². The number of nitrogens with zero attached hydrogens (tertiary/aromatic N) is 3. The van der Waals surface area contributed by atoms with E-state index in [2.05, 4.69) is 23.4 Å². The number of pyridine rings is 1. The highest BCUT2D eigenvalue weighted by atomic mass is 35.5. The second kappa shape index (κ2) is 5.96. The minimum atomic E-state index is -0.0837. The first-order chi connectivity index (χ1) is 10.1. The number of imidazole rings is 1. The van der Waals surface area contributed by atoms with Crippen molar-refractivity contribution in [3.63, 3.8) is 0 Å². The lowest BCUT2D eigenvalue weighted by Crippen LogP contribution is -2.20. The fourth-order valence-electron chi connectivity index (χ4n) is 3.62. The fourth-order valence-corrected chi connectivity index (χ4v) is 3.79. The summed E-state index contributed by atoms with van der Waals surface area (Å²) in [6, 6.07) is 2.02. The summed E-state index contributed by atoms with van der Waals surface area (Å²) in [5.41, 5.74) is 3.17. The van der Waals surface area contributed by atoms with Gasteiger partial charge in [0.15, 0.2) is 5.65 Å². The third kappa shape index (κ3) is 2.94. The molecule has 3 rings (SSSR count). The molecule has 2 heterocycles. The molecule has 3 atom stereocenters. The molecule has 21 heavy (non-hydrogen) atoms. The molecule has 1 aliphatic rings. The number of aromatic nitrogens is 3. The third-order valence-electron chi connectivity index (χ3n) is 4.71. The zero-order chi connectivity index (χ0) is 15.0. The first-order valence-corrected chi connectivity index (χ1v) is 8.45. The van der Waals surface area contributed by atoms with E-state index in [9.17, 15) is 0 Å². The fraction of sp³-hybridized carbons (Fsp3) is 0.647. The quantitative estimate of drug-likeness (QED) is 0.758. The lowest BCUT2D eigenvalue weighted by molar-refractivity contribution is 0.256. The summed E-state index contributed by atoms with van der Waals surface area (Å²) in [5.74, 6) is 2.53. The molecule has 2 aromatic heterocycles. The van der Waals surface area contributed by atoms with E-state index in [0.717, 1.165) is 35.4 Å². The molecule has 0 aromatic carbocycles. The van der Waals surface area contributed by atoms with Gasteiger partial charge in [0.05, 0.1) is 5.38 Å². The van der Waals surface area contributed by atoms with Gasteiger partial charge in [-0.2, -0.15) is 0 Å². The SMILES string of the molecule is Cc1ccnc2c1nc(C(C)Cl)n2CC1CCCC(C)C1. The van der Waals surface area contributed by atoms with Crippen LogP contribution in [0.1, 0.15) is 56.3 Å². The van der Waals surface area contributed by atoms with Crippen LogP contribution in [0.2, 0.25) is 0 Å². The maximum Gasteiger partial charge on any atom is 0.160 e. The number of hydrogen-bond donors (Lipinski definition) is 0. The first kappa shape index (κ1) is 14.8. The van der Waals surface area contributed by atoms with Gasteiger partial charge in [-0.15, -0.1) is 11.6 Å². The van der Waals surface area contributed by atoms with Crippen LogP contribution in [-0.4, -0.2) is 14.5 Å². The number of aryl methyl sites for hydroxylation is 1. The number of halogens is 1. The number of fused-ring (bicyclic) bond motifs is 1. The molecule has 1 saturated carbocycles. The molecule has 114 valence electrons. The van der Waals surface area contributed by atoms with E-state index in [1.54, 1.807) is 0 Å². The normalized spacial score (nSPS) is 24.4. The molecule has 0 aliphatic heterocycles. The van der Waals surface area contributed by atoms with Gasteiger partial charge in [-0.05, 0) is 50.2 Å². The molecule has 0 radical (unpaired) electrons. The van der Waals surface area contributed by atoms with Crippen molar-refractivity contribution < 1.29 is 0 Å². The molecule has 0 bridgehead atoms. The molecular formula is C17H24ClN3. The van der Waals surface area contributed by atoms with Crippen molar-refractivity contribution in [1.82, 2.24) is 14.5 Å². The van der Waals surface area contributed by atoms with Gasteiger partial charge in [-0.3, -0.25) is 0 Å². The van der Waals surface area contributed by atoms with Crippen LogP contribution >= 0.6 is 11.6 Å². The summed E-state index contributed by atoms with van der Waals surface area (Å²) in [4.78, 5) is 9.34. The first-order valence-electron chi connectivity index (χ1n) is 8.02. The maximum absolute atomic E-state index is 6.37. The van der Waals surface area contributed by atoms with E-state index in [0.29, 0.717) is 0 Å². The Labute approximate surface area is 131 Å². The lowest BCUT2D eigenvalue weighted by Gasteiger charge is -2.27. The van der Waals surface area contributed by atoms with Gasteiger partial charge in [0, 0.05) is 12.7 Å². The molecular weight excluding hydrogens is 282 g/mol. The Morgan fingerprint density at radius 3 is 2.95 bits per heavy atom. The molecule has 0 N–H and O–H groups in total. The second-order valence-electron chi connectivity index (χ2n) is 6.63. The van der Waals surface area contributed by atoms with Gasteiger partial charge in [-0.25, -0.2) is 9.97 Å². The van der Waals surface area contributed by atoms with Crippen molar-refractivity contribution in [2.45, 2.75) is 58.4 Å². The highest BCUT2D eigenvalue weighted by Gasteiger charge is 2.23. The zero-order valence-electron chi connectivity index (χ0n) is 13.1. The van der Waals surface area contributed by atoms with Gasteiger partial charge in [0.25, 0.3) is 0 Å². The Morgan fingerprint density at radius 1 is 1.43 bits per heavy atom. The van der Waals surface area contributed by atoms with Crippen LogP contribution in [0.25, 0.3) is 11.2 Å². The zero-order valence-corrected chi connectivity index (χ0v) is 13.9. The summed E-state index contributed by atoms with van der Waals surface area (Å²) in [6.07, 6.45) is 7.21. The molecule has 3 unspecified atom stereocenters. The predicted octanol–water partition coefficient (Wildman–Crippen LogP) is 4.87. The molecule has 4 heteroatoms. The van der Waals surface area contributed by atoms with Gasteiger partial charge in [0.2, 0.25) is 0 Å². The standard InChI is InChI=1S/C17H24ClN3/c1-11-5-4-6-14(9-11)10-21-16(13(3)18)20-15-12(2)7-8-19-17(15)21/h7-8,11,13-14H,4-6,9-10H2,1-3H3. The van der Waals surface area contributed by atoms with E-state index in [4.69, 9.17) is 16.6 Å². The van der Waals surface area contributed by atoms with Crippen LogP contribution in [0.3, 0.4) is 0 Å². The summed E-state index contributed by atoms with van der Waals surface area (Å²) >= 11 is 6.37. The predicted molar refractivity (Wildman–Crippen MR) is 87.7 cm³/mol. The van der Waals surface area contributed by atoms with Crippen molar-refractivity contribution in [3.05, 3.63) is 23.7 Å². The molecule has 1 aliphatic carbocycles. The Kier molecular flexibility index (Phi) is 4.21. The van der Waals surface area contributed by atoms with E-state index in [1.165, 1.54) is 31.2 Å². The van der Waals surface area contributed by atoms with Gasteiger partial charge >= 0.3 is 0 Å². The summed E-state index contributed by atoms with van der Waals surface area (Å²) in [5, 5.41) is -0.0837. The topological polar surface area (TPSA) is 30.7 Å². The van der Waals surface area contributed by atoms with Crippen molar-refractivity contribution in [3.8, 4) is 0 Å². The number of rotatable bonds is 3. The Morgan fingerprint density at radius 2 is 2.24 bits per heavy atom. The second-order valence-corrected chi connectivity index (χ2v) is 7.29. The summed E-state index contributed by atoms with van der Waals surface area (Å²) in [6.45, 7) is 7.46. The minimum Gasteiger partial charge on any atom is -0.311 e. The van der Waals surface area contributed by atoms with E-state index >= 15 is 0 Å². The molecule has 1 fully saturated rings. The van der Waals surface area contributed by atoms with E-state index < -0.39 is 0 Å². The summed E-state index contributed by atoms with van der Waals surface area (Å²) in [7, 11) is 0. The van der Waals surface area contributed by atoms with Gasteiger partial charge in [0.1, 0.15) is 11.3 Å². The van der Waals surface area contributed by atoms with Crippen LogP contribution in [-0.2, 0) is 6.54 Å². The van der Waals surface area contributed by atoms with Crippen molar-refractivity contribution in [2.24, 2.45) is 11.8 Å². The number of alkyl halides is 1. The van der Waals surface area contributed by atoms with E-state index in [1.807, 2.05) is 19.2 Å². The van der Waals surface area contributed by atoms with E-state index in [-0.39, 0.29) is 5.38 Å². The molecule has 0 saturated heterocycles. The Bertz CT molecular complexity index is 632. The van der Waals surface area contributed by atoms with Gasteiger partial charge in [-0.1, -0.05) is 19.8 Å². The molecule has 0 amide bonds. The van der Waals surface area contributed by atoms with Crippen molar-refractivity contribution in [2.75, 3.05) is 0 Å². The molecule has 0 spiro atoms. The smallest absolute Gasteiger partial charge is 0.160 e. The van der Waals surface area contributed by atoms with Crippen molar-refractivity contribution >= 4 is 22.8 Å². The average Bonchev–Trinajstić information content (AvgIpc) is 2.80. The Hall–Kier alpha value is -1.09. The number of hydrogen-bond acceptors (Lipinski definition) is 2. The summed E-state index contributed by atoms with van der Waals surface area (Å²) < 4.78 is 2.27.